The number of H-pyrrole nitrogens is 1. The van der Waals surface area contributed by atoms with Gasteiger partial charge in [-0.2, -0.15) is 0 Å². The number of nitrogens with one attached hydrogen (secondary N) is 1. The molecule has 0 unspecified atom stereocenters. The van der Waals surface area contributed by atoms with E-state index in [4.69, 9.17) is 11.6 Å². The van der Waals surface area contributed by atoms with E-state index in [0.717, 1.165) is 28.4 Å². The molecule has 94 valence electrons. The molecular formula is C16H12ClNO. The summed E-state index contributed by atoms with van der Waals surface area (Å²) in [6.45, 7) is 2.04. The van der Waals surface area contributed by atoms with Gasteiger partial charge in [-0.3, -0.25) is 4.79 Å². The molecule has 1 N–H and O–H groups in total. The summed E-state index contributed by atoms with van der Waals surface area (Å²) in [6.07, 6.45) is 0.891. The number of halogens is 1. The highest BCUT2D eigenvalue weighted by Gasteiger charge is 2.12. The number of aldehydes is 1. The molecule has 2 nitrogen and oxygen atoms in total. The zero-order valence-corrected chi connectivity index (χ0v) is 11.2. The summed E-state index contributed by atoms with van der Waals surface area (Å²) < 4.78 is 0. The predicted molar refractivity (Wildman–Crippen MR) is 78.9 cm³/mol. The first-order valence-electron chi connectivity index (χ1n) is 6.02. The van der Waals surface area contributed by atoms with Crippen molar-refractivity contribution >= 4 is 28.8 Å². The maximum Gasteiger partial charge on any atom is 0.152 e. The zero-order chi connectivity index (χ0) is 13.4. The van der Waals surface area contributed by atoms with Gasteiger partial charge < -0.3 is 4.98 Å². The molecule has 2 aromatic carbocycles. The lowest BCUT2D eigenvalue weighted by atomic mass is 10.1. The Morgan fingerprint density at radius 3 is 2.53 bits per heavy atom. The Kier molecular flexibility index (Phi) is 2.88. The number of aryl methyl sites for hydroxylation is 1. The van der Waals surface area contributed by atoms with Crippen LogP contribution in [0.4, 0.5) is 0 Å². The summed E-state index contributed by atoms with van der Waals surface area (Å²) >= 11 is 5.98. The Morgan fingerprint density at radius 1 is 1.11 bits per heavy atom. The van der Waals surface area contributed by atoms with Gasteiger partial charge in [0.2, 0.25) is 0 Å². The minimum atomic E-state index is 0.654. The summed E-state index contributed by atoms with van der Waals surface area (Å²) in [7, 11) is 0. The molecule has 1 aromatic heterocycles. The van der Waals surface area contributed by atoms with Gasteiger partial charge >= 0.3 is 0 Å². The van der Waals surface area contributed by atoms with Crippen LogP contribution < -0.4 is 0 Å². The molecule has 0 fully saturated rings. The summed E-state index contributed by atoms with van der Waals surface area (Å²) in [5, 5.41) is 1.55. The van der Waals surface area contributed by atoms with Crippen molar-refractivity contribution in [1.29, 1.82) is 0 Å². The molecule has 0 radical (unpaired) electrons. The number of rotatable bonds is 2. The number of carbonyl (C=O) groups is 1. The van der Waals surface area contributed by atoms with Crippen LogP contribution in [-0.4, -0.2) is 11.3 Å². The third-order valence-corrected chi connectivity index (χ3v) is 3.49. The van der Waals surface area contributed by atoms with E-state index >= 15 is 0 Å². The maximum atomic E-state index is 11.4. The highest BCUT2D eigenvalue weighted by molar-refractivity contribution is 6.31. The Balaban J connectivity index is 2.28. The Labute approximate surface area is 116 Å². The van der Waals surface area contributed by atoms with E-state index in [1.807, 2.05) is 43.3 Å². The SMILES string of the molecule is Cc1ccc(-c2[nH]c3cc(Cl)ccc3c2C=O)cc1. The van der Waals surface area contributed by atoms with Crippen LogP contribution in [0.2, 0.25) is 5.02 Å². The normalized spacial score (nSPS) is 10.8. The maximum absolute atomic E-state index is 11.4. The summed E-state index contributed by atoms with van der Waals surface area (Å²) in [5.41, 5.74) is 4.59. The van der Waals surface area contributed by atoms with E-state index in [1.165, 1.54) is 5.56 Å². The zero-order valence-electron chi connectivity index (χ0n) is 10.4. The molecule has 0 saturated heterocycles. The van der Waals surface area contributed by atoms with E-state index in [9.17, 15) is 4.79 Å². The molecule has 0 amide bonds. The molecule has 0 aliphatic carbocycles. The van der Waals surface area contributed by atoms with Gasteiger partial charge in [0.1, 0.15) is 0 Å². The summed E-state index contributed by atoms with van der Waals surface area (Å²) in [5.74, 6) is 0. The largest absolute Gasteiger partial charge is 0.354 e. The monoisotopic (exact) mass is 269 g/mol. The van der Waals surface area contributed by atoms with Crippen molar-refractivity contribution in [2.75, 3.05) is 0 Å². The number of fused-ring (bicyclic) bond motifs is 1. The molecule has 0 aliphatic heterocycles. The van der Waals surface area contributed by atoms with E-state index in [2.05, 4.69) is 4.98 Å². The molecule has 0 saturated carbocycles. The van der Waals surface area contributed by atoms with Crippen LogP contribution in [0.15, 0.2) is 42.5 Å². The van der Waals surface area contributed by atoms with Crippen molar-refractivity contribution < 1.29 is 4.79 Å². The molecule has 19 heavy (non-hydrogen) atoms. The van der Waals surface area contributed by atoms with Crippen molar-refractivity contribution in [2.24, 2.45) is 0 Å². The number of benzene rings is 2. The third-order valence-electron chi connectivity index (χ3n) is 3.26. The van der Waals surface area contributed by atoms with E-state index < -0.39 is 0 Å². The van der Waals surface area contributed by atoms with E-state index in [-0.39, 0.29) is 0 Å². The van der Waals surface area contributed by atoms with Gasteiger partial charge in [0.15, 0.2) is 6.29 Å². The van der Waals surface area contributed by atoms with E-state index in [0.29, 0.717) is 10.6 Å². The van der Waals surface area contributed by atoms with Gasteiger partial charge in [-0.05, 0) is 24.6 Å². The highest BCUT2D eigenvalue weighted by atomic mass is 35.5. The lowest BCUT2D eigenvalue weighted by molar-refractivity contribution is 0.112. The fourth-order valence-electron chi connectivity index (χ4n) is 2.26. The first kappa shape index (κ1) is 12.0. The van der Waals surface area contributed by atoms with Crippen molar-refractivity contribution in [1.82, 2.24) is 4.98 Å². The molecular weight excluding hydrogens is 258 g/mol. The summed E-state index contributed by atoms with van der Waals surface area (Å²) in [6, 6.07) is 13.6. The van der Waals surface area contributed by atoms with Gasteiger partial charge in [0.05, 0.1) is 5.69 Å². The first-order chi connectivity index (χ1) is 9.19. The standard InChI is InChI=1S/C16H12ClNO/c1-10-2-4-11(5-3-10)16-14(9-19)13-7-6-12(17)8-15(13)18-16/h2-9,18H,1H3. The fraction of sp³-hybridized carbons (Fsp3) is 0.0625. The highest BCUT2D eigenvalue weighted by Crippen LogP contribution is 2.30. The van der Waals surface area contributed by atoms with Crippen LogP contribution in [-0.2, 0) is 0 Å². The van der Waals surface area contributed by atoms with Crippen LogP contribution in [0.5, 0.6) is 0 Å². The second-order valence-electron chi connectivity index (χ2n) is 4.59. The number of carbonyl (C=O) groups excluding carboxylic acids is 1. The second-order valence-corrected chi connectivity index (χ2v) is 5.02. The van der Waals surface area contributed by atoms with Crippen molar-refractivity contribution in [3.05, 3.63) is 58.6 Å². The number of hydrogen-bond donors (Lipinski definition) is 1. The van der Waals surface area contributed by atoms with Crippen LogP contribution in [0.3, 0.4) is 0 Å². The van der Waals surface area contributed by atoms with Gasteiger partial charge in [0.25, 0.3) is 0 Å². The minimum absolute atomic E-state index is 0.654. The van der Waals surface area contributed by atoms with Crippen LogP contribution in [0.1, 0.15) is 15.9 Å². The first-order valence-corrected chi connectivity index (χ1v) is 6.40. The Morgan fingerprint density at radius 2 is 1.84 bits per heavy atom. The topological polar surface area (TPSA) is 32.9 Å². The van der Waals surface area contributed by atoms with Gasteiger partial charge in [-0.15, -0.1) is 0 Å². The molecule has 0 atom stereocenters. The molecule has 1 heterocycles. The molecule has 0 spiro atoms. The van der Waals surface area contributed by atoms with Crippen molar-refractivity contribution in [3.63, 3.8) is 0 Å². The van der Waals surface area contributed by atoms with Gasteiger partial charge in [-0.1, -0.05) is 47.5 Å². The third kappa shape index (κ3) is 2.04. The van der Waals surface area contributed by atoms with Crippen molar-refractivity contribution in [3.8, 4) is 11.3 Å². The quantitative estimate of drug-likeness (QED) is 0.677. The predicted octanol–water partition coefficient (Wildman–Crippen LogP) is 4.61. The lowest BCUT2D eigenvalue weighted by Gasteiger charge is -2.00. The lowest BCUT2D eigenvalue weighted by Crippen LogP contribution is -1.84. The van der Waals surface area contributed by atoms with Gasteiger partial charge in [-0.25, -0.2) is 0 Å². The molecule has 0 bridgehead atoms. The molecule has 3 heteroatoms. The van der Waals surface area contributed by atoms with Crippen LogP contribution >= 0.6 is 11.6 Å². The molecule has 3 rings (SSSR count). The summed E-state index contributed by atoms with van der Waals surface area (Å²) in [4.78, 5) is 14.7. The Hall–Kier alpha value is -2.06. The minimum Gasteiger partial charge on any atom is -0.354 e. The Bertz CT molecular complexity index is 756. The number of aromatic amines is 1. The molecule has 3 aromatic rings. The van der Waals surface area contributed by atoms with E-state index in [1.54, 1.807) is 6.07 Å². The smallest absolute Gasteiger partial charge is 0.152 e. The molecule has 0 aliphatic rings. The number of hydrogen-bond acceptors (Lipinski definition) is 1. The van der Waals surface area contributed by atoms with Crippen LogP contribution in [0.25, 0.3) is 22.2 Å². The number of aromatic nitrogens is 1. The average molecular weight is 270 g/mol. The van der Waals surface area contributed by atoms with Crippen LogP contribution in [0, 0.1) is 6.92 Å². The van der Waals surface area contributed by atoms with Gasteiger partial charge in [0, 0.05) is 21.5 Å². The average Bonchev–Trinajstić information content (AvgIpc) is 2.77. The van der Waals surface area contributed by atoms with Crippen molar-refractivity contribution in [2.45, 2.75) is 6.92 Å². The second kappa shape index (κ2) is 4.56. The fourth-order valence-corrected chi connectivity index (χ4v) is 2.43.